The van der Waals surface area contributed by atoms with Crippen molar-refractivity contribution in [2.75, 3.05) is 6.54 Å². The normalized spacial score (nSPS) is 17.4. The molecule has 32 heavy (non-hydrogen) atoms. The van der Waals surface area contributed by atoms with E-state index in [2.05, 4.69) is 0 Å². The molecule has 1 aliphatic rings. The monoisotopic (exact) mass is 437 g/mol. The maximum atomic E-state index is 13.1. The van der Waals surface area contributed by atoms with Crippen molar-refractivity contribution in [1.82, 2.24) is 4.90 Å². The largest absolute Gasteiger partial charge is 0.480 e. The summed E-state index contributed by atoms with van der Waals surface area (Å²) in [6.07, 6.45) is 0.0399. The summed E-state index contributed by atoms with van der Waals surface area (Å²) in [7, 11) is 0. The number of benzene rings is 2. The predicted octanol–water partition coefficient (Wildman–Crippen LogP) is 3.13. The summed E-state index contributed by atoms with van der Waals surface area (Å²) in [6, 6.07) is 16.8. The summed E-state index contributed by atoms with van der Waals surface area (Å²) in [4.78, 5) is 51.2. The van der Waals surface area contributed by atoms with Gasteiger partial charge in [-0.2, -0.15) is 0 Å². The van der Waals surface area contributed by atoms with E-state index in [9.17, 15) is 24.3 Å². The molecule has 0 unspecified atom stereocenters. The van der Waals surface area contributed by atoms with E-state index < -0.39 is 30.0 Å². The van der Waals surface area contributed by atoms with Crippen LogP contribution in [0.3, 0.4) is 0 Å². The number of Topliss-reactive ketones (excluding diaryl/α,β-unsaturated/α-hetero) is 1. The molecule has 168 valence electrons. The minimum Gasteiger partial charge on any atom is -0.480 e. The zero-order chi connectivity index (χ0) is 23.1. The van der Waals surface area contributed by atoms with Crippen molar-refractivity contribution in [3.63, 3.8) is 0 Å². The number of carbonyl (C=O) groups excluding carboxylic acids is 3. The molecule has 2 aromatic carbocycles. The summed E-state index contributed by atoms with van der Waals surface area (Å²) in [5.74, 6) is -3.09. The van der Waals surface area contributed by atoms with Crippen LogP contribution in [0.15, 0.2) is 60.7 Å². The van der Waals surface area contributed by atoms with Gasteiger partial charge in [0.1, 0.15) is 6.04 Å². The summed E-state index contributed by atoms with van der Waals surface area (Å²) < 4.78 is 5.56. The van der Waals surface area contributed by atoms with Crippen LogP contribution in [0.25, 0.3) is 0 Å². The van der Waals surface area contributed by atoms with Gasteiger partial charge in [-0.1, -0.05) is 55.5 Å². The number of carboxylic acids is 1. The summed E-state index contributed by atoms with van der Waals surface area (Å²) in [6.45, 7) is 1.97. The molecule has 0 saturated carbocycles. The van der Waals surface area contributed by atoms with Crippen molar-refractivity contribution >= 4 is 23.6 Å². The van der Waals surface area contributed by atoms with Crippen LogP contribution in [0.1, 0.15) is 42.1 Å². The zero-order valence-corrected chi connectivity index (χ0v) is 18.0. The molecule has 0 radical (unpaired) electrons. The first kappa shape index (κ1) is 23.2. The molecule has 1 saturated heterocycles. The minimum atomic E-state index is -1.05. The lowest BCUT2D eigenvalue weighted by Crippen LogP contribution is -2.44. The van der Waals surface area contributed by atoms with Crippen LogP contribution >= 0.6 is 0 Å². The third-order valence-corrected chi connectivity index (χ3v) is 5.63. The highest BCUT2D eigenvalue weighted by Crippen LogP contribution is 2.22. The predicted molar refractivity (Wildman–Crippen MR) is 117 cm³/mol. The molecule has 3 atom stereocenters. The Morgan fingerprint density at radius 1 is 1.03 bits per heavy atom. The van der Waals surface area contributed by atoms with Gasteiger partial charge in [-0.15, -0.1) is 0 Å². The van der Waals surface area contributed by atoms with Crippen LogP contribution in [0.2, 0.25) is 0 Å². The SMILES string of the molecule is C[C@H](CC(=O)[C@H](Cc1ccccc1)OC(=O)c1ccccc1)C(=O)N1CCC[C@H]1C(=O)O. The molecule has 7 heteroatoms. The number of amides is 1. The van der Waals surface area contributed by atoms with Crippen molar-refractivity contribution in [2.24, 2.45) is 5.92 Å². The second-order valence-electron chi connectivity index (χ2n) is 8.05. The highest BCUT2D eigenvalue weighted by atomic mass is 16.5. The van der Waals surface area contributed by atoms with Crippen molar-refractivity contribution in [3.8, 4) is 0 Å². The number of nitrogens with zero attached hydrogens (tertiary/aromatic N) is 1. The molecule has 1 heterocycles. The molecule has 7 nitrogen and oxygen atoms in total. The van der Waals surface area contributed by atoms with Crippen molar-refractivity contribution < 1.29 is 29.0 Å². The number of hydrogen-bond acceptors (Lipinski definition) is 5. The Bertz CT molecular complexity index is 959. The fourth-order valence-corrected chi connectivity index (χ4v) is 3.91. The number of rotatable bonds is 9. The molecule has 0 aliphatic carbocycles. The number of esters is 1. The van der Waals surface area contributed by atoms with Gasteiger partial charge in [-0.05, 0) is 30.5 Å². The first-order valence-electron chi connectivity index (χ1n) is 10.7. The van der Waals surface area contributed by atoms with E-state index in [1.54, 1.807) is 37.3 Å². The Morgan fingerprint density at radius 3 is 2.28 bits per heavy atom. The van der Waals surface area contributed by atoms with Crippen molar-refractivity contribution in [2.45, 2.75) is 44.8 Å². The van der Waals surface area contributed by atoms with E-state index in [1.807, 2.05) is 30.3 Å². The third kappa shape index (κ3) is 5.81. The highest BCUT2D eigenvalue weighted by Gasteiger charge is 2.37. The fraction of sp³-hybridized carbons (Fsp3) is 0.360. The summed E-state index contributed by atoms with van der Waals surface area (Å²) >= 11 is 0. The Morgan fingerprint density at radius 2 is 1.66 bits per heavy atom. The third-order valence-electron chi connectivity index (χ3n) is 5.63. The summed E-state index contributed by atoms with van der Waals surface area (Å²) in [5, 5.41) is 9.34. The number of carboxylic acid groups (broad SMARTS) is 1. The van der Waals surface area contributed by atoms with E-state index >= 15 is 0 Å². The summed E-state index contributed by atoms with van der Waals surface area (Å²) in [5.41, 5.74) is 1.17. The van der Waals surface area contributed by atoms with Gasteiger partial charge in [0.05, 0.1) is 5.56 Å². The van der Waals surface area contributed by atoms with Crippen molar-refractivity contribution in [3.05, 3.63) is 71.8 Å². The molecule has 0 aromatic heterocycles. The Kier molecular flexibility index (Phi) is 7.76. The smallest absolute Gasteiger partial charge is 0.338 e. The molecule has 1 N–H and O–H groups in total. The maximum Gasteiger partial charge on any atom is 0.338 e. The lowest BCUT2D eigenvalue weighted by Gasteiger charge is -2.25. The highest BCUT2D eigenvalue weighted by molar-refractivity contribution is 5.94. The zero-order valence-electron chi connectivity index (χ0n) is 18.0. The van der Waals surface area contributed by atoms with Gasteiger partial charge in [0.2, 0.25) is 5.91 Å². The Hall–Kier alpha value is -3.48. The molecule has 1 aliphatic heterocycles. The molecule has 1 amide bonds. The number of likely N-dealkylation sites (tertiary alicyclic amines) is 1. The quantitative estimate of drug-likeness (QED) is 0.605. The van der Waals surface area contributed by atoms with E-state index in [4.69, 9.17) is 4.74 Å². The topological polar surface area (TPSA) is 101 Å². The fourth-order valence-electron chi connectivity index (χ4n) is 3.91. The van der Waals surface area contributed by atoms with Crippen LogP contribution in [0.4, 0.5) is 0 Å². The van der Waals surface area contributed by atoms with Crippen LogP contribution in [0.5, 0.6) is 0 Å². The maximum absolute atomic E-state index is 13.1. The van der Waals surface area contributed by atoms with Crippen LogP contribution in [-0.2, 0) is 25.5 Å². The second kappa shape index (κ2) is 10.7. The first-order valence-corrected chi connectivity index (χ1v) is 10.7. The van der Waals surface area contributed by atoms with E-state index in [1.165, 1.54) is 4.90 Å². The van der Waals surface area contributed by atoms with Crippen LogP contribution < -0.4 is 0 Å². The number of hydrogen-bond donors (Lipinski definition) is 1. The van der Waals surface area contributed by atoms with E-state index in [0.717, 1.165) is 5.56 Å². The van der Waals surface area contributed by atoms with Gasteiger partial charge >= 0.3 is 11.9 Å². The average molecular weight is 437 g/mol. The van der Waals surface area contributed by atoms with Gasteiger partial charge in [0.25, 0.3) is 0 Å². The molecule has 3 rings (SSSR count). The molecule has 1 fully saturated rings. The van der Waals surface area contributed by atoms with Gasteiger partial charge in [0, 0.05) is 25.3 Å². The molecule has 2 aromatic rings. The number of aliphatic carboxylic acids is 1. The Balaban J connectivity index is 1.71. The Labute approximate surface area is 187 Å². The lowest BCUT2D eigenvalue weighted by molar-refractivity contribution is -0.150. The van der Waals surface area contributed by atoms with Gasteiger partial charge in [-0.25, -0.2) is 9.59 Å². The number of carbonyl (C=O) groups is 4. The van der Waals surface area contributed by atoms with Gasteiger partial charge < -0.3 is 14.7 Å². The van der Waals surface area contributed by atoms with E-state index in [0.29, 0.717) is 24.9 Å². The van der Waals surface area contributed by atoms with E-state index in [-0.39, 0.29) is 24.5 Å². The minimum absolute atomic E-state index is 0.138. The number of ketones is 1. The van der Waals surface area contributed by atoms with Crippen LogP contribution in [0, 0.1) is 5.92 Å². The second-order valence-corrected chi connectivity index (χ2v) is 8.05. The lowest BCUT2D eigenvalue weighted by atomic mass is 9.96. The van der Waals surface area contributed by atoms with Crippen LogP contribution in [-0.4, -0.2) is 52.3 Å². The molecule has 0 bridgehead atoms. The molecular formula is C25H27NO6. The van der Waals surface area contributed by atoms with Gasteiger partial charge in [0.15, 0.2) is 11.9 Å². The van der Waals surface area contributed by atoms with Crippen molar-refractivity contribution in [1.29, 1.82) is 0 Å². The average Bonchev–Trinajstić information content (AvgIpc) is 3.29. The first-order chi connectivity index (χ1) is 15.4. The van der Waals surface area contributed by atoms with Gasteiger partial charge in [-0.3, -0.25) is 9.59 Å². The molecular weight excluding hydrogens is 410 g/mol. The number of ether oxygens (including phenoxy) is 1. The standard InChI is InChI=1S/C25H27NO6/c1-17(23(28)26-14-8-13-20(26)24(29)30)15-21(27)22(16-18-9-4-2-5-10-18)32-25(31)19-11-6-3-7-12-19/h2-7,9-12,17,20,22H,8,13-16H2,1H3,(H,29,30)/t17-,20+,22+/m1/s1. The molecule has 0 spiro atoms.